The van der Waals surface area contributed by atoms with Crippen molar-refractivity contribution in [2.75, 3.05) is 39.2 Å². The van der Waals surface area contributed by atoms with Crippen molar-refractivity contribution in [3.63, 3.8) is 0 Å². The molecule has 25 nitrogen and oxygen atoms in total. The summed E-state index contributed by atoms with van der Waals surface area (Å²) in [7, 11) is 0. The summed E-state index contributed by atoms with van der Waals surface area (Å²) in [5.74, 6) is 7.75. The fourth-order valence-corrected chi connectivity index (χ4v) is 15.1. The monoisotopic (exact) mass is 1440 g/mol. The Morgan fingerprint density at radius 3 is 1.13 bits per heavy atom. The van der Waals surface area contributed by atoms with Gasteiger partial charge in [0.2, 0.25) is 0 Å². The first-order valence-electron chi connectivity index (χ1n) is 34.5. The topological polar surface area (TPSA) is 233 Å². The summed E-state index contributed by atoms with van der Waals surface area (Å²) in [6.45, 7) is 19.3. The van der Waals surface area contributed by atoms with Crippen LogP contribution in [0.25, 0.3) is 39.9 Å². The lowest BCUT2D eigenvalue weighted by molar-refractivity contribution is 0.661. The van der Waals surface area contributed by atoms with Crippen LogP contribution in [0, 0.1) is 34.6 Å². The van der Waals surface area contributed by atoms with E-state index >= 15 is 0 Å². The molecular weight excluding hydrogens is 1370 g/mol. The number of benzene rings is 5. The first-order chi connectivity index (χ1) is 50.8. The summed E-state index contributed by atoms with van der Waals surface area (Å²) in [4.78, 5) is 52.9. The molecular formula is C76H72Cl3N25. The number of hydrogen-bond acceptors (Lipinski definition) is 19. The molecule has 15 heterocycles. The zero-order valence-corrected chi connectivity index (χ0v) is 60.4. The van der Waals surface area contributed by atoms with Gasteiger partial charge < -0.3 is 24.2 Å². The molecule has 1 atom stereocenters. The van der Waals surface area contributed by atoms with Gasteiger partial charge in [0.15, 0.2) is 0 Å². The average molecular weight is 1440 g/mol. The maximum absolute atomic E-state index is 6.33. The Labute approximate surface area is 613 Å². The van der Waals surface area contributed by atoms with Crippen molar-refractivity contribution in [1.82, 2.24) is 102 Å². The molecule has 0 aliphatic carbocycles. The Morgan fingerprint density at radius 2 is 0.702 bits per heavy atom. The van der Waals surface area contributed by atoms with Crippen LogP contribution in [0.2, 0.25) is 15.1 Å². The molecule has 0 radical (unpaired) electrons. The zero-order chi connectivity index (χ0) is 71.1. The van der Waals surface area contributed by atoms with Crippen LogP contribution in [0.4, 0.5) is 23.3 Å². The molecule has 28 heteroatoms. The van der Waals surface area contributed by atoms with E-state index in [2.05, 4.69) is 187 Å². The highest BCUT2D eigenvalue weighted by Crippen LogP contribution is 2.38. The Bertz CT molecular complexity index is 5670. The van der Waals surface area contributed by atoms with Crippen LogP contribution in [0.5, 0.6) is 0 Å². The van der Waals surface area contributed by atoms with Gasteiger partial charge in [-0.25, -0.2) is 24.9 Å². The predicted molar refractivity (Wildman–Crippen MR) is 403 cm³/mol. The van der Waals surface area contributed by atoms with E-state index in [9.17, 15) is 0 Å². The Kier molecular flexibility index (Phi) is 18.5. The molecule has 20 rings (SSSR count). The van der Waals surface area contributed by atoms with Gasteiger partial charge in [0.25, 0.3) is 28.9 Å². The van der Waals surface area contributed by atoms with Crippen molar-refractivity contribution >= 4 is 98.0 Å². The first-order valence-corrected chi connectivity index (χ1v) is 35.6. The maximum atomic E-state index is 6.33. The Hall–Kier alpha value is -11.5. The standard InChI is InChI=1S/C16H16ClN5.C15H14ClN5.C15H12ClN5.2C15H15N5/c1-10-7-13-11(2)20-16-18-9-19-22(16)15(13)21(10)8-12-5-3-4-6-14(12)17;2*1-10-12-6-7-20(8-11-4-2-3-5-13(11)16)14(12)21-15(19-10)17-9-18-21;2*1-11-13-7-8-19(9-12-5-3-2-4-6-12)14(13)20-15(18-11)16-10-17-20/h3-6,9-10H,7-8H2,1-2H3;2-5,9H,6-8H2,1H3;2-7,9H,8H2,1H3;2*2-6,10H,7-9H2,1H3. The highest BCUT2D eigenvalue weighted by molar-refractivity contribution is 6.32. The molecule has 0 spiro atoms. The van der Waals surface area contributed by atoms with E-state index in [1.807, 2.05) is 118 Å². The van der Waals surface area contributed by atoms with Gasteiger partial charge in [0.05, 0.1) is 12.2 Å². The number of nitrogens with zero attached hydrogens (tertiary/aromatic N) is 25. The van der Waals surface area contributed by atoms with Crippen molar-refractivity contribution in [2.45, 2.75) is 106 Å². The van der Waals surface area contributed by atoms with E-state index in [-0.39, 0.29) is 0 Å². The Morgan fingerprint density at radius 1 is 0.356 bits per heavy atom. The molecule has 16 aromatic rings. The van der Waals surface area contributed by atoms with Crippen molar-refractivity contribution in [2.24, 2.45) is 0 Å². The maximum Gasteiger partial charge on any atom is 0.254 e. The number of halogens is 3. The molecule has 1 unspecified atom stereocenters. The molecule has 11 aromatic heterocycles. The minimum atomic E-state index is 0.376. The number of anilines is 4. The SMILES string of the molecule is Cc1nc2ncnn2c2c1CC(C)N2Cc1ccccc1Cl.Cc1nc2ncnn2c2c1CCN2Cc1ccccc1.Cc1nc2ncnn2c2c1CCN2Cc1ccccc1.Cc1nc2ncnn2c2c1CCN2Cc1ccccc1Cl.Cc1nc2ncnn2c2c1ccn2Cc1ccccc1Cl. The van der Waals surface area contributed by atoms with Gasteiger partial charge in [-0.15, -0.1) is 0 Å². The average Bonchev–Trinajstić information content (AvgIpc) is 1.58. The molecule has 104 heavy (non-hydrogen) atoms. The molecule has 0 saturated heterocycles. The summed E-state index contributed by atoms with van der Waals surface area (Å²) in [6.07, 6.45) is 13.8. The highest BCUT2D eigenvalue weighted by Gasteiger charge is 2.33. The normalized spacial score (nSPS) is 14.1. The summed E-state index contributed by atoms with van der Waals surface area (Å²) < 4.78 is 11.3. The highest BCUT2D eigenvalue weighted by atomic mass is 35.5. The lowest BCUT2D eigenvalue weighted by atomic mass is 10.1. The lowest BCUT2D eigenvalue weighted by Crippen LogP contribution is -2.30. The third-order valence-corrected chi connectivity index (χ3v) is 20.7. The van der Waals surface area contributed by atoms with E-state index < -0.39 is 0 Å². The third kappa shape index (κ3) is 13.1. The molecule has 0 amide bonds. The van der Waals surface area contributed by atoms with Crippen molar-refractivity contribution in [3.8, 4) is 0 Å². The summed E-state index contributed by atoms with van der Waals surface area (Å²) in [6, 6.07) is 47.3. The van der Waals surface area contributed by atoms with E-state index in [1.54, 1.807) is 29.8 Å². The summed E-state index contributed by atoms with van der Waals surface area (Å²) in [5.41, 5.74) is 17.1. The van der Waals surface area contributed by atoms with Gasteiger partial charge in [-0.2, -0.15) is 73.0 Å². The largest absolute Gasteiger partial charge is 0.352 e. The van der Waals surface area contributed by atoms with Crippen LogP contribution in [-0.2, 0) is 58.4 Å². The van der Waals surface area contributed by atoms with Crippen molar-refractivity contribution in [1.29, 1.82) is 0 Å². The third-order valence-electron chi connectivity index (χ3n) is 19.6. The molecule has 0 bridgehead atoms. The van der Waals surface area contributed by atoms with Crippen LogP contribution in [0.15, 0.2) is 177 Å². The van der Waals surface area contributed by atoms with E-state index in [0.29, 0.717) is 41.5 Å². The van der Waals surface area contributed by atoms with E-state index in [0.717, 1.165) is 166 Å². The number of hydrogen-bond donors (Lipinski definition) is 0. The minimum absolute atomic E-state index is 0.376. The van der Waals surface area contributed by atoms with Crippen molar-refractivity contribution < 1.29 is 0 Å². The molecule has 5 aromatic carbocycles. The Balaban J connectivity index is 0.000000100. The van der Waals surface area contributed by atoms with Gasteiger partial charge in [-0.3, -0.25) is 0 Å². The second-order valence-corrected chi connectivity index (χ2v) is 27.4. The predicted octanol–water partition coefficient (Wildman–Crippen LogP) is 12.8. The van der Waals surface area contributed by atoms with Gasteiger partial charge in [0.1, 0.15) is 60.6 Å². The molecule has 4 aliphatic rings. The molecule has 0 saturated carbocycles. The van der Waals surface area contributed by atoms with Crippen LogP contribution < -0.4 is 19.6 Å². The smallest absolute Gasteiger partial charge is 0.254 e. The minimum Gasteiger partial charge on any atom is -0.352 e. The molecule has 0 fully saturated rings. The van der Waals surface area contributed by atoms with Gasteiger partial charge in [-0.1, -0.05) is 150 Å². The zero-order valence-electron chi connectivity index (χ0n) is 58.1. The van der Waals surface area contributed by atoms with Crippen LogP contribution in [0.3, 0.4) is 0 Å². The summed E-state index contributed by atoms with van der Waals surface area (Å²) >= 11 is 18.9. The molecule has 0 N–H and O–H groups in total. The van der Waals surface area contributed by atoms with Gasteiger partial charge >= 0.3 is 0 Å². The van der Waals surface area contributed by atoms with Crippen LogP contribution >= 0.6 is 34.8 Å². The first kappa shape index (κ1) is 67.0. The number of aryl methyl sites for hydroxylation is 5. The lowest BCUT2D eigenvalue weighted by Gasteiger charge is -2.25. The summed E-state index contributed by atoms with van der Waals surface area (Å²) in [5, 5.41) is 25.0. The fourth-order valence-electron chi connectivity index (χ4n) is 14.5. The molecule has 522 valence electrons. The van der Waals surface area contributed by atoms with E-state index in [1.165, 1.54) is 39.7 Å². The second kappa shape index (κ2) is 28.7. The van der Waals surface area contributed by atoms with Gasteiger partial charge in [0, 0.05) is 124 Å². The fraction of sp³-hybridized carbons (Fsp3) is 0.250. The number of aromatic nitrogens is 21. The second-order valence-electron chi connectivity index (χ2n) is 26.2. The molecule has 4 aliphatic heterocycles. The van der Waals surface area contributed by atoms with E-state index in [4.69, 9.17) is 34.8 Å². The van der Waals surface area contributed by atoms with Crippen LogP contribution in [0.1, 0.15) is 85.5 Å². The van der Waals surface area contributed by atoms with Crippen molar-refractivity contribution in [3.05, 3.63) is 271 Å². The quantitative estimate of drug-likeness (QED) is 0.124. The number of rotatable bonds is 10. The van der Waals surface area contributed by atoms with Crippen LogP contribution in [-0.4, -0.2) is 128 Å². The number of fused-ring (bicyclic) bond motifs is 15. The van der Waals surface area contributed by atoms with Gasteiger partial charge in [-0.05, 0) is 119 Å².